The first-order valence-corrected chi connectivity index (χ1v) is 12.5. The Labute approximate surface area is 169 Å². The fraction of sp³-hybridized carbons (Fsp3) is 0.0435. The largest absolute Gasteiger partial charge is 0.223 e. The predicted molar refractivity (Wildman–Crippen MR) is 123 cm³/mol. The van der Waals surface area contributed by atoms with Crippen LogP contribution in [-0.2, 0) is 9.84 Å². The molecule has 2 nitrogen and oxygen atoms in total. The topological polar surface area (TPSA) is 34.1 Å². The summed E-state index contributed by atoms with van der Waals surface area (Å²) >= 11 is 3.11. The van der Waals surface area contributed by atoms with Crippen molar-refractivity contribution < 1.29 is 8.42 Å². The number of benzene rings is 4. The Balaban J connectivity index is 1.74. The molecule has 0 aliphatic carbocycles. The highest BCUT2D eigenvalue weighted by atomic mass is 32.2. The van der Waals surface area contributed by atoms with Crippen LogP contribution in [0, 0.1) is 0 Å². The molecule has 0 atom stereocenters. The number of rotatable bonds is 1. The molecule has 136 valence electrons. The zero-order valence-corrected chi connectivity index (χ0v) is 17.3. The zero-order valence-electron chi connectivity index (χ0n) is 14.9. The van der Waals surface area contributed by atoms with Gasteiger partial charge in [0.2, 0.25) is 0 Å². The minimum Gasteiger partial charge on any atom is -0.223 e. The third kappa shape index (κ3) is 2.33. The highest BCUT2D eigenvalue weighted by Gasteiger charge is 2.13. The van der Waals surface area contributed by atoms with Crippen molar-refractivity contribution in [2.75, 3.05) is 6.26 Å². The molecule has 0 aliphatic heterocycles. The lowest BCUT2D eigenvalue weighted by atomic mass is 9.96. The molecule has 4 aromatic carbocycles. The van der Waals surface area contributed by atoms with Crippen molar-refractivity contribution in [3.8, 4) is 0 Å². The Morgan fingerprint density at radius 3 is 1.96 bits per heavy atom. The zero-order chi connectivity index (χ0) is 19.0. The van der Waals surface area contributed by atoms with Crippen molar-refractivity contribution in [2.45, 2.75) is 4.21 Å². The number of hydrogen-bond donors (Lipinski definition) is 0. The second kappa shape index (κ2) is 5.54. The molecule has 0 unspecified atom stereocenters. The van der Waals surface area contributed by atoms with Crippen LogP contribution in [0.1, 0.15) is 0 Å². The summed E-state index contributed by atoms with van der Waals surface area (Å²) in [5.41, 5.74) is 0. The summed E-state index contributed by atoms with van der Waals surface area (Å²) in [4.78, 5) is 0. The van der Waals surface area contributed by atoms with Gasteiger partial charge in [0.05, 0.1) is 0 Å². The first-order valence-electron chi connectivity index (χ1n) is 8.87. The van der Waals surface area contributed by atoms with Gasteiger partial charge in [0.1, 0.15) is 4.21 Å². The lowest BCUT2D eigenvalue weighted by Crippen LogP contribution is -1.91. The summed E-state index contributed by atoms with van der Waals surface area (Å²) in [7, 11) is -3.19. The van der Waals surface area contributed by atoms with E-state index in [9.17, 15) is 8.42 Å². The molecule has 28 heavy (non-hydrogen) atoms. The van der Waals surface area contributed by atoms with Crippen molar-refractivity contribution in [3.63, 3.8) is 0 Å². The van der Waals surface area contributed by atoms with Gasteiger partial charge in [-0.2, -0.15) is 0 Å². The molecule has 0 bridgehead atoms. The van der Waals surface area contributed by atoms with Gasteiger partial charge in [-0.1, -0.05) is 24.3 Å². The van der Waals surface area contributed by atoms with E-state index in [-0.39, 0.29) is 0 Å². The summed E-state index contributed by atoms with van der Waals surface area (Å²) in [6.07, 6.45) is 1.27. The summed E-state index contributed by atoms with van der Waals surface area (Å²) in [6.45, 7) is 0. The van der Waals surface area contributed by atoms with Crippen LogP contribution >= 0.6 is 22.7 Å². The van der Waals surface area contributed by atoms with Gasteiger partial charge < -0.3 is 0 Å². The number of fused-ring (bicyclic) bond motifs is 7. The molecule has 2 heterocycles. The van der Waals surface area contributed by atoms with Crippen LogP contribution in [0.4, 0.5) is 0 Å². The second-order valence-corrected chi connectivity index (χ2v) is 11.5. The fourth-order valence-electron chi connectivity index (χ4n) is 4.03. The molecular formula is C23H14O2S3. The van der Waals surface area contributed by atoms with E-state index < -0.39 is 9.84 Å². The van der Waals surface area contributed by atoms with Crippen LogP contribution in [0.25, 0.3) is 52.5 Å². The Hall–Kier alpha value is -2.47. The van der Waals surface area contributed by atoms with E-state index in [2.05, 4.69) is 60.0 Å². The quantitative estimate of drug-likeness (QED) is 0.270. The third-order valence-electron chi connectivity index (χ3n) is 5.39. The average molecular weight is 419 g/mol. The van der Waals surface area contributed by atoms with Gasteiger partial charge in [0.15, 0.2) is 9.84 Å². The van der Waals surface area contributed by atoms with E-state index in [1.807, 2.05) is 0 Å². The first-order chi connectivity index (χ1) is 13.5. The maximum atomic E-state index is 12.0. The molecule has 0 N–H and O–H groups in total. The molecule has 0 saturated carbocycles. The maximum Gasteiger partial charge on any atom is 0.184 e. The van der Waals surface area contributed by atoms with Crippen molar-refractivity contribution >= 4 is 85.0 Å². The fourth-order valence-corrected chi connectivity index (χ4v) is 6.87. The van der Waals surface area contributed by atoms with Gasteiger partial charge in [0, 0.05) is 15.7 Å². The normalized spacial score (nSPS) is 12.8. The Morgan fingerprint density at radius 1 is 0.643 bits per heavy atom. The average Bonchev–Trinajstić information content (AvgIpc) is 3.29. The van der Waals surface area contributed by atoms with E-state index in [4.69, 9.17) is 0 Å². The minimum atomic E-state index is -3.19. The van der Waals surface area contributed by atoms with Crippen molar-refractivity contribution in [3.05, 3.63) is 66.0 Å². The van der Waals surface area contributed by atoms with Crippen LogP contribution in [0.2, 0.25) is 0 Å². The van der Waals surface area contributed by atoms with E-state index in [0.717, 1.165) is 15.5 Å². The molecule has 6 aromatic rings. The first kappa shape index (κ1) is 16.5. The van der Waals surface area contributed by atoms with Crippen molar-refractivity contribution in [1.29, 1.82) is 0 Å². The highest BCUT2D eigenvalue weighted by Crippen LogP contribution is 2.38. The minimum absolute atomic E-state index is 0.424. The Morgan fingerprint density at radius 2 is 1.29 bits per heavy atom. The predicted octanol–water partition coefficient (Wildman–Crippen LogP) is 6.98. The van der Waals surface area contributed by atoms with Gasteiger partial charge in [-0.15, -0.1) is 22.7 Å². The Kier molecular flexibility index (Phi) is 3.26. The lowest BCUT2D eigenvalue weighted by Gasteiger charge is -2.08. The maximum absolute atomic E-state index is 12.0. The molecule has 0 radical (unpaired) electrons. The molecule has 5 heteroatoms. The SMILES string of the molecule is CS(=O)(=O)c1cc2cc3ccc4c5cc6sccc6cc5ccc4c3cc2s1. The van der Waals surface area contributed by atoms with Gasteiger partial charge in [0.25, 0.3) is 0 Å². The monoisotopic (exact) mass is 418 g/mol. The molecule has 6 rings (SSSR count). The summed E-state index contributed by atoms with van der Waals surface area (Å²) in [5.74, 6) is 0. The van der Waals surface area contributed by atoms with Crippen LogP contribution in [0.3, 0.4) is 0 Å². The summed E-state index contributed by atoms with van der Waals surface area (Å²) in [6, 6.07) is 21.4. The van der Waals surface area contributed by atoms with E-state index in [1.54, 1.807) is 17.4 Å². The van der Waals surface area contributed by atoms with Gasteiger partial charge in [-0.3, -0.25) is 0 Å². The molecule has 0 fully saturated rings. The lowest BCUT2D eigenvalue weighted by molar-refractivity contribution is 0.604. The van der Waals surface area contributed by atoms with E-state index in [1.165, 1.54) is 54.6 Å². The van der Waals surface area contributed by atoms with Gasteiger partial charge in [-0.25, -0.2) is 8.42 Å². The molecule has 0 saturated heterocycles. The number of hydrogen-bond acceptors (Lipinski definition) is 4. The van der Waals surface area contributed by atoms with Crippen LogP contribution in [0.5, 0.6) is 0 Å². The van der Waals surface area contributed by atoms with Crippen LogP contribution < -0.4 is 0 Å². The Bertz CT molecular complexity index is 1690. The third-order valence-corrected chi connectivity index (χ3v) is 9.16. The number of thiophene rings is 2. The van der Waals surface area contributed by atoms with Crippen molar-refractivity contribution in [2.24, 2.45) is 0 Å². The molecule has 0 amide bonds. The molecule has 2 aromatic heterocycles. The number of sulfone groups is 1. The summed E-state index contributed by atoms with van der Waals surface area (Å²) in [5, 5.41) is 11.6. The van der Waals surface area contributed by atoms with Crippen LogP contribution in [-0.4, -0.2) is 14.7 Å². The molecule has 0 aliphatic rings. The summed E-state index contributed by atoms with van der Waals surface area (Å²) < 4.78 is 26.6. The van der Waals surface area contributed by atoms with Gasteiger partial charge >= 0.3 is 0 Å². The second-order valence-electron chi connectivity index (χ2n) is 7.21. The van der Waals surface area contributed by atoms with E-state index in [0.29, 0.717) is 4.21 Å². The molecule has 0 spiro atoms. The standard InChI is InChI=1S/C23H14O2S3/c1-28(24,25)23-10-16-9-14-3-5-17-18(20(14)12-22(16)27-23)4-2-13-8-15-6-7-26-21(15)11-19(13)17/h2-12H,1H3. The highest BCUT2D eigenvalue weighted by molar-refractivity contribution is 7.92. The smallest absolute Gasteiger partial charge is 0.184 e. The van der Waals surface area contributed by atoms with Crippen LogP contribution in [0.15, 0.2) is 70.3 Å². The van der Waals surface area contributed by atoms with E-state index >= 15 is 0 Å². The van der Waals surface area contributed by atoms with Gasteiger partial charge in [-0.05, 0) is 84.9 Å². The molecular weight excluding hydrogens is 404 g/mol. The van der Waals surface area contributed by atoms with Crippen molar-refractivity contribution in [1.82, 2.24) is 0 Å².